The van der Waals surface area contributed by atoms with E-state index in [4.69, 9.17) is 0 Å². The molecular weight excluding hydrogens is 340 g/mol. The molecule has 0 aliphatic rings. The molecule has 0 aliphatic carbocycles. The summed E-state index contributed by atoms with van der Waals surface area (Å²) in [6.45, 7) is -1.20. The third kappa shape index (κ3) is 7.37. The molecule has 0 fully saturated rings. The van der Waals surface area contributed by atoms with E-state index in [9.17, 15) is 35.1 Å². The zero-order valence-electron chi connectivity index (χ0n) is 12.1. The van der Waals surface area contributed by atoms with Crippen molar-refractivity contribution < 1.29 is 35.1 Å². The van der Waals surface area contributed by atoms with Crippen molar-refractivity contribution in [3.63, 3.8) is 0 Å². The van der Waals surface area contributed by atoms with Crippen LogP contribution in [-0.2, 0) is 0 Å². The van der Waals surface area contributed by atoms with Gasteiger partial charge >= 0.3 is 12.4 Å². The topological polar surface area (TPSA) is 0 Å². The zero-order chi connectivity index (χ0) is 17.6. The van der Waals surface area contributed by atoms with Gasteiger partial charge in [-0.3, -0.25) is 4.39 Å². The third-order valence-electron chi connectivity index (χ3n) is 3.52. The highest BCUT2D eigenvalue weighted by molar-refractivity contribution is 7.80. The molecule has 0 saturated carbocycles. The molecule has 0 aromatic heterocycles. The van der Waals surface area contributed by atoms with E-state index in [1.807, 2.05) is 0 Å². The SMILES string of the molecule is CC(F)(CC(CF)CC(CCCCS)C(F)(F)F)C(F)(F)F. The minimum atomic E-state index is -5.24. The molecule has 0 amide bonds. The number of hydrogen-bond acceptors (Lipinski definition) is 1. The molecule has 3 atom stereocenters. The van der Waals surface area contributed by atoms with Gasteiger partial charge in [0.2, 0.25) is 5.67 Å². The van der Waals surface area contributed by atoms with Crippen LogP contribution < -0.4 is 0 Å². The van der Waals surface area contributed by atoms with Gasteiger partial charge in [-0.15, -0.1) is 0 Å². The molecule has 9 heteroatoms. The van der Waals surface area contributed by atoms with E-state index >= 15 is 0 Å². The first-order valence-corrected chi connectivity index (χ1v) is 7.47. The molecular formula is C13H20F8S. The molecule has 0 rings (SSSR count). The molecule has 0 radical (unpaired) electrons. The summed E-state index contributed by atoms with van der Waals surface area (Å²) < 4.78 is 102. The van der Waals surface area contributed by atoms with E-state index in [2.05, 4.69) is 12.6 Å². The summed E-state index contributed by atoms with van der Waals surface area (Å²) in [5.41, 5.74) is -3.70. The fourth-order valence-corrected chi connectivity index (χ4v) is 2.40. The molecule has 0 saturated heterocycles. The lowest BCUT2D eigenvalue weighted by Crippen LogP contribution is -2.40. The quantitative estimate of drug-likeness (QED) is 0.294. The fourth-order valence-electron chi connectivity index (χ4n) is 2.18. The Hall–Kier alpha value is -0.210. The van der Waals surface area contributed by atoms with Gasteiger partial charge in [0.25, 0.3) is 0 Å². The Bertz CT molecular complexity index is 310. The lowest BCUT2D eigenvalue weighted by molar-refractivity contribution is -0.231. The van der Waals surface area contributed by atoms with Gasteiger partial charge in [-0.05, 0) is 44.3 Å². The van der Waals surface area contributed by atoms with Crippen LogP contribution in [0.1, 0.15) is 39.0 Å². The first kappa shape index (κ1) is 21.8. The van der Waals surface area contributed by atoms with Crippen molar-refractivity contribution in [2.75, 3.05) is 12.4 Å². The Labute approximate surface area is 130 Å². The number of unbranched alkanes of at least 4 members (excludes halogenated alkanes) is 1. The second-order valence-corrected chi connectivity index (χ2v) is 6.06. The van der Waals surface area contributed by atoms with Crippen LogP contribution in [0.25, 0.3) is 0 Å². The number of thiol groups is 1. The summed E-state index contributed by atoms with van der Waals surface area (Å²) in [4.78, 5) is 0. The maximum Gasteiger partial charge on any atom is 0.422 e. The average molecular weight is 360 g/mol. The van der Waals surface area contributed by atoms with Crippen LogP contribution in [0.15, 0.2) is 0 Å². The smallest absolute Gasteiger partial charge is 0.251 e. The summed E-state index contributed by atoms with van der Waals surface area (Å²) in [6, 6.07) is 0. The molecule has 134 valence electrons. The van der Waals surface area contributed by atoms with Crippen molar-refractivity contribution in [3.05, 3.63) is 0 Å². The minimum absolute atomic E-state index is 0.179. The van der Waals surface area contributed by atoms with Crippen LogP contribution in [0.3, 0.4) is 0 Å². The van der Waals surface area contributed by atoms with E-state index in [0.29, 0.717) is 12.2 Å². The summed E-state index contributed by atoms with van der Waals surface area (Å²) in [5.74, 6) is -3.18. The minimum Gasteiger partial charge on any atom is -0.251 e. The Balaban J connectivity index is 4.84. The molecule has 22 heavy (non-hydrogen) atoms. The predicted molar refractivity (Wildman–Crippen MR) is 71.5 cm³/mol. The van der Waals surface area contributed by atoms with Gasteiger partial charge in [0, 0.05) is 0 Å². The maximum atomic E-state index is 13.5. The van der Waals surface area contributed by atoms with Gasteiger partial charge < -0.3 is 0 Å². The summed E-state index contributed by atoms with van der Waals surface area (Å²) in [5, 5.41) is 0. The molecule has 0 bridgehead atoms. The molecule has 0 nitrogen and oxygen atoms in total. The van der Waals surface area contributed by atoms with Crippen LogP contribution >= 0.6 is 12.6 Å². The summed E-state index contributed by atoms with van der Waals surface area (Å²) in [6.07, 6.45) is -11.8. The highest BCUT2D eigenvalue weighted by Gasteiger charge is 2.53. The lowest BCUT2D eigenvalue weighted by Gasteiger charge is -2.30. The van der Waals surface area contributed by atoms with Gasteiger partial charge in [0.1, 0.15) is 0 Å². The summed E-state index contributed by atoms with van der Waals surface area (Å²) in [7, 11) is 0. The number of alkyl halides is 8. The van der Waals surface area contributed by atoms with E-state index in [0.717, 1.165) is 0 Å². The van der Waals surface area contributed by atoms with Crippen molar-refractivity contribution in [1.29, 1.82) is 0 Å². The van der Waals surface area contributed by atoms with E-state index in [1.54, 1.807) is 0 Å². The number of rotatable bonds is 9. The van der Waals surface area contributed by atoms with Gasteiger partial charge in [-0.25, -0.2) is 4.39 Å². The first-order chi connectivity index (χ1) is 9.85. The molecule has 0 aliphatic heterocycles. The molecule has 0 aromatic carbocycles. The third-order valence-corrected chi connectivity index (χ3v) is 3.84. The molecule has 0 heterocycles. The van der Waals surface area contributed by atoms with Gasteiger partial charge in [-0.2, -0.15) is 39.0 Å². The monoisotopic (exact) mass is 360 g/mol. The van der Waals surface area contributed by atoms with Crippen LogP contribution in [0, 0.1) is 11.8 Å². The largest absolute Gasteiger partial charge is 0.422 e. The van der Waals surface area contributed by atoms with Crippen molar-refractivity contribution in [1.82, 2.24) is 0 Å². The first-order valence-electron chi connectivity index (χ1n) is 6.84. The number of hydrogen-bond donors (Lipinski definition) is 1. The predicted octanol–water partition coefficient (Wildman–Crippen LogP) is 5.92. The van der Waals surface area contributed by atoms with E-state index in [-0.39, 0.29) is 19.8 Å². The fraction of sp³-hybridized carbons (Fsp3) is 1.00. The second kappa shape index (κ2) is 8.59. The van der Waals surface area contributed by atoms with Crippen molar-refractivity contribution in [3.8, 4) is 0 Å². The Morgan fingerprint density at radius 1 is 0.955 bits per heavy atom. The van der Waals surface area contributed by atoms with E-state index in [1.165, 1.54) is 0 Å². The van der Waals surface area contributed by atoms with Crippen molar-refractivity contribution in [2.45, 2.75) is 57.0 Å². The molecule has 3 unspecified atom stereocenters. The van der Waals surface area contributed by atoms with Gasteiger partial charge in [-0.1, -0.05) is 6.42 Å². The van der Waals surface area contributed by atoms with Crippen LogP contribution in [-0.4, -0.2) is 30.4 Å². The molecule has 0 spiro atoms. The Kier molecular flexibility index (Phi) is 8.51. The van der Waals surface area contributed by atoms with Crippen LogP contribution in [0.4, 0.5) is 35.1 Å². The van der Waals surface area contributed by atoms with Crippen molar-refractivity contribution in [2.24, 2.45) is 11.8 Å². The zero-order valence-corrected chi connectivity index (χ0v) is 13.0. The lowest BCUT2D eigenvalue weighted by atomic mass is 9.84. The maximum absolute atomic E-state index is 13.5. The highest BCUT2D eigenvalue weighted by atomic mass is 32.1. The van der Waals surface area contributed by atoms with Gasteiger partial charge in [0.15, 0.2) is 0 Å². The molecule has 0 N–H and O–H groups in total. The van der Waals surface area contributed by atoms with Crippen LogP contribution in [0.2, 0.25) is 0 Å². The van der Waals surface area contributed by atoms with Crippen molar-refractivity contribution >= 4 is 12.6 Å². The Morgan fingerprint density at radius 2 is 1.50 bits per heavy atom. The van der Waals surface area contributed by atoms with E-state index < -0.39 is 49.4 Å². The van der Waals surface area contributed by atoms with Crippen LogP contribution in [0.5, 0.6) is 0 Å². The Morgan fingerprint density at radius 3 is 1.86 bits per heavy atom. The van der Waals surface area contributed by atoms with Gasteiger partial charge in [0.05, 0.1) is 12.6 Å². The number of halogens is 8. The standard InChI is InChI=1S/C13H20F8S/c1-11(15,13(19,20)21)7-9(8-14)6-10(12(16,17)18)4-2-3-5-22/h9-10,22H,2-8H2,1H3. The second-order valence-electron chi connectivity index (χ2n) is 5.61. The average Bonchev–Trinajstić information content (AvgIpc) is 2.33. The molecule has 0 aromatic rings. The normalized spacial score (nSPS) is 18.8. The summed E-state index contributed by atoms with van der Waals surface area (Å²) >= 11 is 3.86. The highest BCUT2D eigenvalue weighted by Crippen LogP contribution is 2.42.